The number of aryl methyl sites for hydroxylation is 2. The van der Waals surface area contributed by atoms with Gasteiger partial charge >= 0.3 is 0 Å². The van der Waals surface area contributed by atoms with Crippen LogP contribution in [0.15, 0.2) is 48.5 Å². The molecule has 1 N–H and O–H groups in total. The van der Waals surface area contributed by atoms with Crippen LogP contribution in [0.25, 0.3) is 11.3 Å². The first kappa shape index (κ1) is 13.5. The highest BCUT2D eigenvalue weighted by atomic mass is 32.1. The Kier molecular flexibility index (Phi) is 3.39. The second-order valence-electron chi connectivity index (χ2n) is 5.43. The Morgan fingerprint density at radius 2 is 1.86 bits per heavy atom. The number of hydrogen-bond donors (Lipinski definition) is 1. The van der Waals surface area contributed by atoms with Crippen molar-refractivity contribution in [1.82, 2.24) is 4.98 Å². The van der Waals surface area contributed by atoms with Gasteiger partial charge in [-0.25, -0.2) is 9.37 Å². The number of aromatic nitrogens is 1. The molecule has 1 aliphatic rings. The highest BCUT2D eigenvalue weighted by molar-refractivity contribution is 7.16. The summed E-state index contributed by atoms with van der Waals surface area (Å²) in [6.45, 7) is 0.661. The molecule has 22 heavy (non-hydrogen) atoms. The highest BCUT2D eigenvalue weighted by Gasteiger charge is 2.20. The normalized spacial score (nSPS) is 12.6. The predicted octanol–water partition coefficient (Wildman–Crippen LogP) is 4.66. The number of nitrogens with zero attached hydrogens (tertiary/aromatic N) is 1. The molecule has 110 valence electrons. The van der Waals surface area contributed by atoms with E-state index >= 15 is 0 Å². The second kappa shape index (κ2) is 5.54. The smallest absolute Gasteiger partial charge is 0.183 e. The van der Waals surface area contributed by atoms with Crippen molar-refractivity contribution < 1.29 is 4.39 Å². The average molecular weight is 310 g/mol. The van der Waals surface area contributed by atoms with E-state index in [-0.39, 0.29) is 5.82 Å². The van der Waals surface area contributed by atoms with Gasteiger partial charge in [-0.05, 0) is 36.1 Å². The monoisotopic (exact) mass is 310 g/mol. The molecule has 0 atom stereocenters. The number of anilines is 1. The quantitative estimate of drug-likeness (QED) is 0.761. The first-order chi connectivity index (χ1) is 10.8. The summed E-state index contributed by atoms with van der Waals surface area (Å²) in [7, 11) is 0. The minimum Gasteiger partial charge on any atom is -0.357 e. The third-order valence-corrected chi connectivity index (χ3v) is 5.02. The maximum absolute atomic E-state index is 12.9. The van der Waals surface area contributed by atoms with E-state index in [1.165, 1.54) is 28.1 Å². The fourth-order valence-corrected chi connectivity index (χ4v) is 3.78. The zero-order valence-corrected chi connectivity index (χ0v) is 12.8. The average Bonchev–Trinajstić information content (AvgIpc) is 2.98. The molecule has 0 saturated carbocycles. The Balaban J connectivity index is 1.56. The van der Waals surface area contributed by atoms with Crippen molar-refractivity contribution >= 4 is 16.5 Å². The van der Waals surface area contributed by atoms with Crippen molar-refractivity contribution in [3.8, 4) is 11.3 Å². The van der Waals surface area contributed by atoms with E-state index in [9.17, 15) is 4.39 Å². The highest BCUT2D eigenvalue weighted by Crippen LogP contribution is 2.37. The Morgan fingerprint density at radius 1 is 1.05 bits per heavy atom. The first-order valence-electron chi connectivity index (χ1n) is 7.36. The second-order valence-corrected chi connectivity index (χ2v) is 6.51. The third kappa shape index (κ3) is 2.50. The minimum absolute atomic E-state index is 0.204. The van der Waals surface area contributed by atoms with Crippen molar-refractivity contribution in [2.24, 2.45) is 0 Å². The van der Waals surface area contributed by atoms with Crippen molar-refractivity contribution in [2.45, 2.75) is 19.4 Å². The molecule has 3 aromatic rings. The molecule has 0 radical (unpaired) electrons. The van der Waals surface area contributed by atoms with Crippen molar-refractivity contribution in [3.05, 3.63) is 70.4 Å². The largest absolute Gasteiger partial charge is 0.357 e. The van der Waals surface area contributed by atoms with Crippen LogP contribution in [0.3, 0.4) is 0 Å². The van der Waals surface area contributed by atoms with Crippen molar-refractivity contribution in [2.75, 3.05) is 5.32 Å². The van der Waals surface area contributed by atoms with Gasteiger partial charge < -0.3 is 5.32 Å². The molecule has 0 amide bonds. The third-order valence-electron chi connectivity index (χ3n) is 3.95. The maximum atomic E-state index is 12.9. The van der Waals surface area contributed by atoms with Gasteiger partial charge in [0.25, 0.3) is 0 Å². The lowest BCUT2D eigenvalue weighted by Crippen LogP contribution is -2.01. The Bertz CT molecular complexity index is 808. The van der Waals surface area contributed by atoms with E-state index in [4.69, 9.17) is 4.98 Å². The fourth-order valence-electron chi connectivity index (χ4n) is 2.80. The fraction of sp³-hybridized carbons (Fsp3) is 0.167. The Morgan fingerprint density at radius 3 is 2.73 bits per heavy atom. The van der Waals surface area contributed by atoms with E-state index in [1.807, 2.05) is 0 Å². The zero-order valence-electron chi connectivity index (χ0n) is 12.0. The molecule has 4 heteroatoms. The van der Waals surface area contributed by atoms with Gasteiger partial charge in [0.15, 0.2) is 5.13 Å². The van der Waals surface area contributed by atoms with Gasteiger partial charge in [0.2, 0.25) is 0 Å². The maximum Gasteiger partial charge on any atom is 0.183 e. The van der Waals surface area contributed by atoms with Crippen LogP contribution in [-0.2, 0) is 19.4 Å². The molecule has 4 rings (SSSR count). The van der Waals surface area contributed by atoms with Gasteiger partial charge in [-0.3, -0.25) is 0 Å². The lowest BCUT2D eigenvalue weighted by Gasteiger charge is -2.13. The van der Waals surface area contributed by atoms with Gasteiger partial charge in [0.05, 0.1) is 5.69 Å². The standard InChI is InChI=1S/C18H15FN2S/c19-14-8-5-12(6-9-14)11-20-18-21-17-15-4-2-1-3-13(15)7-10-16(17)22-18/h1-6,8-9H,7,10-11H2,(H,20,21). The lowest BCUT2D eigenvalue weighted by atomic mass is 9.94. The molecule has 1 heterocycles. The van der Waals surface area contributed by atoms with Gasteiger partial charge in [0.1, 0.15) is 5.82 Å². The number of benzene rings is 2. The Labute approximate surface area is 132 Å². The van der Waals surface area contributed by atoms with Crippen LogP contribution in [-0.4, -0.2) is 4.98 Å². The molecule has 2 aromatic carbocycles. The number of rotatable bonds is 3. The van der Waals surface area contributed by atoms with Crippen LogP contribution >= 0.6 is 11.3 Å². The summed E-state index contributed by atoms with van der Waals surface area (Å²) >= 11 is 1.73. The molecular formula is C18H15FN2S. The first-order valence-corrected chi connectivity index (χ1v) is 8.17. The Hall–Kier alpha value is -2.20. The summed E-state index contributed by atoms with van der Waals surface area (Å²) in [6.07, 6.45) is 2.14. The molecule has 0 bridgehead atoms. The van der Waals surface area contributed by atoms with E-state index in [0.717, 1.165) is 29.2 Å². The van der Waals surface area contributed by atoms with Crippen LogP contribution in [0.5, 0.6) is 0 Å². The molecule has 0 spiro atoms. The van der Waals surface area contributed by atoms with Gasteiger partial charge in [-0.15, -0.1) is 11.3 Å². The molecule has 1 aliphatic carbocycles. The lowest BCUT2D eigenvalue weighted by molar-refractivity contribution is 0.627. The zero-order chi connectivity index (χ0) is 14.9. The summed E-state index contributed by atoms with van der Waals surface area (Å²) in [5.41, 5.74) is 4.81. The SMILES string of the molecule is Fc1ccc(CNc2nc3c(s2)CCc2ccccc2-3)cc1. The number of fused-ring (bicyclic) bond motifs is 3. The summed E-state index contributed by atoms with van der Waals surface area (Å²) in [4.78, 5) is 6.11. The summed E-state index contributed by atoms with van der Waals surface area (Å²) in [5.74, 6) is -0.204. The molecule has 2 nitrogen and oxygen atoms in total. The van der Waals surface area contributed by atoms with Crippen LogP contribution in [0, 0.1) is 5.82 Å². The number of hydrogen-bond acceptors (Lipinski definition) is 3. The van der Waals surface area contributed by atoms with Gasteiger partial charge in [-0.2, -0.15) is 0 Å². The molecular weight excluding hydrogens is 295 g/mol. The van der Waals surface area contributed by atoms with E-state index in [0.29, 0.717) is 6.54 Å². The van der Waals surface area contributed by atoms with E-state index in [1.54, 1.807) is 23.5 Å². The molecule has 0 saturated heterocycles. The summed E-state index contributed by atoms with van der Waals surface area (Å²) in [6, 6.07) is 15.1. The number of thiazole rings is 1. The van der Waals surface area contributed by atoms with Gasteiger partial charge in [-0.1, -0.05) is 36.4 Å². The summed E-state index contributed by atoms with van der Waals surface area (Å²) in [5, 5.41) is 4.29. The van der Waals surface area contributed by atoms with Crippen molar-refractivity contribution in [1.29, 1.82) is 0 Å². The summed E-state index contributed by atoms with van der Waals surface area (Å²) < 4.78 is 12.9. The van der Waals surface area contributed by atoms with E-state index < -0.39 is 0 Å². The van der Waals surface area contributed by atoms with E-state index in [2.05, 4.69) is 29.6 Å². The molecule has 0 unspecified atom stereocenters. The number of nitrogens with one attached hydrogen (secondary N) is 1. The van der Waals surface area contributed by atoms with Crippen LogP contribution in [0.4, 0.5) is 9.52 Å². The topological polar surface area (TPSA) is 24.9 Å². The molecule has 1 aromatic heterocycles. The van der Waals surface area contributed by atoms with Crippen LogP contribution in [0.1, 0.15) is 16.0 Å². The van der Waals surface area contributed by atoms with Crippen LogP contribution < -0.4 is 5.32 Å². The van der Waals surface area contributed by atoms with Crippen LogP contribution in [0.2, 0.25) is 0 Å². The molecule has 0 aliphatic heterocycles. The van der Waals surface area contributed by atoms with Gasteiger partial charge in [0, 0.05) is 17.0 Å². The van der Waals surface area contributed by atoms with Crippen molar-refractivity contribution in [3.63, 3.8) is 0 Å². The molecule has 0 fully saturated rings. The predicted molar refractivity (Wildman–Crippen MR) is 88.7 cm³/mol. The minimum atomic E-state index is -0.204. The number of halogens is 1.